The maximum absolute atomic E-state index is 11.7. The smallest absolute Gasteiger partial charge is 0.352 e. The van der Waals surface area contributed by atoms with Crippen molar-refractivity contribution in [2.24, 2.45) is 5.92 Å². The highest BCUT2D eigenvalue weighted by atomic mass is 17.5. The standard InChI is InChI=1S/C13H24O7/c1-4-7-10(14)12(16)9(6-3)13(17)19-20-18-11(15)8-5-2/h9-10,12,14,16H,4-8H2,1-3H3. The predicted molar refractivity (Wildman–Crippen MR) is 68.9 cm³/mol. The molecule has 20 heavy (non-hydrogen) atoms. The van der Waals surface area contributed by atoms with Crippen molar-refractivity contribution in [2.45, 2.75) is 65.1 Å². The molecule has 118 valence electrons. The van der Waals surface area contributed by atoms with Crippen LogP contribution in [0.5, 0.6) is 0 Å². The van der Waals surface area contributed by atoms with Gasteiger partial charge in [-0.3, -0.25) is 9.78 Å². The van der Waals surface area contributed by atoms with Crippen molar-refractivity contribution < 1.29 is 34.6 Å². The highest BCUT2D eigenvalue weighted by Gasteiger charge is 2.32. The molecule has 3 unspecified atom stereocenters. The lowest BCUT2D eigenvalue weighted by atomic mass is 9.93. The van der Waals surface area contributed by atoms with Crippen LogP contribution in [0.25, 0.3) is 0 Å². The van der Waals surface area contributed by atoms with E-state index in [4.69, 9.17) is 0 Å². The van der Waals surface area contributed by atoms with Crippen LogP contribution in [0.4, 0.5) is 0 Å². The van der Waals surface area contributed by atoms with E-state index in [1.54, 1.807) is 13.8 Å². The Hall–Kier alpha value is -1.18. The second kappa shape index (κ2) is 10.6. The van der Waals surface area contributed by atoms with Crippen molar-refractivity contribution in [3.05, 3.63) is 0 Å². The van der Waals surface area contributed by atoms with E-state index in [0.717, 1.165) is 0 Å². The fraction of sp³-hybridized carbons (Fsp3) is 0.846. The van der Waals surface area contributed by atoms with Crippen LogP contribution in [0.2, 0.25) is 0 Å². The Morgan fingerprint density at radius 2 is 1.70 bits per heavy atom. The van der Waals surface area contributed by atoms with Crippen LogP contribution in [0.3, 0.4) is 0 Å². The van der Waals surface area contributed by atoms with Gasteiger partial charge in [-0.2, -0.15) is 0 Å². The summed E-state index contributed by atoms with van der Waals surface area (Å²) in [5, 5.41) is 23.6. The Morgan fingerprint density at radius 1 is 1.05 bits per heavy atom. The largest absolute Gasteiger partial charge is 0.390 e. The van der Waals surface area contributed by atoms with E-state index in [1.807, 2.05) is 6.92 Å². The molecule has 0 saturated heterocycles. The van der Waals surface area contributed by atoms with Gasteiger partial charge < -0.3 is 10.2 Å². The minimum absolute atomic E-state index is 0.145. The molecule has 0 aromatic rings. The van der Waals surface area contributed by atoms with Gasteiger partial charge in [0, 0.05) is 11.5 Å². The molecule has 0 aliphatic rings. The van der Waals surface area contributed by atoms with Crippen LogP contribution in [0.15, 0.2) is 0 Å². The summed E-state index contributed by atoms with van der Waals surface area (Å²) in [7, 11) is 0. The molecule has 0 aliphatic carbocycles. The van der Waals surface area contributed by atoms with Crippen LogP contribution in [0.1, 0.15) is 52.9 Å². The van der Waals surface area contributed by atoms with E-state index in [0.29, 0.717) is 19.3 Å². The summed E-state index contributed by atoms with van der Waals surface area (Å²) in [6.07, 6.45) is -0.232. The first kappa shape index (κ1) is 18.8. The Morgan fingerprint density at radius 3 is 2.20 bits per heavy atom. The lowest BCUT2D eigenvalue weighted by Gasteiger charge is -2.23. The maximum Gasteiger partial charge on any atom is 0.352 e. The van der Waals surface area contributed by atoms with E-state index < -0.39 is 30.1 Å². The summed E-state index contributed by atoms with van der Waals surface area (Å²) in [5.74, 6) is -2.49. The summed E-state index contributed by atoms with van der Waals surface area (Å²) in [6.45, 7) is 5.30. The monoisotopic (exact) mass is 292 g/mol. The lowest BCUT2D eigenvalue weighted by molar-refractivity contribution is -0.461. The molecule has 0 fully saturated rings. The number of hydrogen-bond acceptors (Lipinski definition) is 7. The van der Waals surface area contributed by atoms with Gasteiger partial charge >= 0.3 is 11.9 Å². The third-order valence-electron chi connectivity index (χ3n) is 2.83. The molecule has 0 saturated carbocycles. The van der Waals surface area contributed by atoms with Crippen molar-refractivity contribution in [2.75, 3.05) is 0 Å². The van der Waals surface area contributed by atoms with E-state index in [2.05, 4.69) is 14.8 Å². The average molecular weight is 292 g/mol. The number of carbonyl (C=O) groups excluding carboxylic acids is 2. The number of carbonyl (C=O) groups is 2. The summed E-state index contributed by atoms with van der Waals surface area (Å²) in [5.41, 5.74) is 0. The van der Waals surface area contributed by atoms with Gasteiger partial charge in [0.2, 0.25) is 0 Å². The van der Waals surface area contributed by atoms with Crippen LogP contribution < -0.4 is 0 Å². The van der Waals surface area contributed by atoms with E-state index in [-0.39, 0.29) is 12.8 Å². The van der Waals surface area contributed by atoms with E-state index >= 15 is 0 Å². The van der Waals surface area contributed by atoms with Crippen LogP contribution in [-0.4, -0.2) is 34.4 Å². The topological polar surface area (TPSA) is 102 Å². The maximum atomic E-state index is 11.7. The molecule has 0 aromatic heterocycles. The average Bonchev–Trinajstić information content (AvgIpc) is 2.40. The zero-order valence-electron chi connectivity index (χ0n) is 12.2. The Balaban J connectivity index is 4.23. The molecule has 7 nitrogen and oxygen atoms in total. The third kappa shape index (κ3) is 6.83. The van der Waals surface area contributed by atoms with Gasteiger partial charge in [0.25, 0.3) is 0 Å². The fourth-order valence-electron chi connectivity index (χ4n) is 1.68. The molecule has 0 amide bonds. The predicted octanol–water partition coefficient (Wildman–Crippen LogP) is 1.27. The Bertz CT molecular complexity index is 292. The van der Waals surface area contributed by atoms with Crippen LogP contribution in [-0.2, 0) is 24.4 Å². The summed E-state index contributed by atoms with van der Waals surface area (Å²) in [4.78, 5) is 31.1. The summed E-state index contributed by atoms with van der Waals surface area (Å²) < 4.78 is 0. The zero-order valence-corrected chi connectivity index (χ0v) is 12.2. The van der Waals surface area contributed by atoms with E-state index in [9.17, 15) is 19.8 Å². The fourth-order valence-corrected chi connectivity index (χ4v) is 1.68. The Labute approximate surface area is 118 Å². The quantitative estimate of drug-likeness (QED) is 0.461. The first-order chi connectivity index (χ1) is 9.47. The van der Waals surface area contributed by atoms with Gasteiger partial charge in [0.15, 0.2) is 0 Å². The molecule has 7 heteroatoms. The first-order valence-corrected chi connectivity index (χ1v) is 6.91. The summed E-state index contributed by atoms with van der Waals surface area (Å²) >= 11 is 0. The van der Waals surface area contributed by atoms with Crippen LogP contribution >= 0.6 is 0 Å². The molecular formula is C13H24O7. The van der Waals surface area contributed by atoms with Gasteiger partial charge in [0.05, 0.1) is 18.1 Å². The molecular weight excluding hydrogens is 268 g/mol. The van der Waals surface area contributed by atoms with Crippen molar-refractivity contribution in [1.82, 2.24) is 0 Å². The lowest BCUT2D eigenvalue weighted by Crippen LogP contribution is -2.38. The van der Waals surface area contributed by atoms with Crippen LogP contribution in [0, 0.1) is 5.92 Å². The Kier molecular flexibility index (Phi) is 9.96. The molecule has 0 aliphatic heterocycles. The first-order valence-electron chi connectivity index (χ1n) is 6.91. The molecule has 0 heterocycles. The number of hydrogen-bond donors (Lipinski definition) is 2. The number of aliphatic hydroxyl groups excluding tert-OH is 2. The molecule has 0 radical (unpaired) electrons. The van der Waals surface area contributed by atoms with Gasteiger partial charge in [-0.25, -0.2) is 9.59 Å². The van der Waals surface area contributed by atoms with Gasteiger partial charge in [0.1, 0.15) is 0 Å². The van der Waals surface area contributed by atoms with Crippen molar-refractivity contribution >= 4 is 11.9 Å². The highest BCUT2D eigenvalue weighted by Crippen LogP contribution is 2.17. The van der Waals surface area contributed by atoms with Crippen molar-refractivity contribution in [1.29, 1.82) is 0 Å². The molecule has 0 bridgehead atoms. The zero-order chi connectivity index (χ0) is 15.5. The molecule has 0 spiro atoms. The van der Waals surface area contributed by atoms with Gasteiger partial charge in [-0.15, -0.1) is 0 Å². The van der Waals surface area contributed by atoms with Gasteiger partial charge in [-0.05, 0) is 19.3 Å². The minimum atomic E-state index is -1.25. The van der Waals surface area contributed by atoms with Crippen molar-refractivity contribution in [3.63, 3.8) is 0 Å². The molecule has 3 atom stereocenters. The number of aliphatic hydroxyl groups is 2. The molecule has 0 aromatic carbocycles. The summed E-state index contributed by atoms with van der Waals surface area (Å²) in [6, 6.07) is 0. The SMILES string of the molecule is CCCC(=O)OOOC(=O)C(CC)C(O)C(O)CCC. The third-order valence-corrected chi connectivity index (χ3v) is 2.83. The minimum Gasteiger partial charge on any atom is -0.390 e. The highest BCUT2D eigenvalue weighted by molar-refractivity contribution is 5.72. The van der Waals surface area contributed by atoms with E-state index in [1.165, 1.54) is 0 Å². The second-order valence-electron chi connectivity index (χ2n) is 4.54. The second-order valence-corrected chi connectivity index (χ2v) is 4.54. The number of rotatable bonds is 10. The normalized spacial score (nSPS) is 15.2. The van der Waals surface area contributed by atoms with Gasteiger partial charge in [-0.1, -0.05) is 27.2 Å². The van der Waals surface area contributed by atoms with Crippen molar-refractivity contribution in [3.8, 4) is 0 Å². The molecule has 2 N–H and O–H groups in total. The molecule has 0 rings (SSSR count).